The van der Waals surface area contributed by atoms with Crippen LogP contribution in [0, 0.1) is 11.3 Å². The highest BCUT2D eigenvalue weighted by molar-refractivity contribution is 9.10. The van der Waals surface area contributed by atoms with E-state index in [0.29, 0.717) is 12.1 Å². The molecule has 1 aliphatic rings. The van der Waals surface area contributed by atoms with Gasteiger partial charge in [-0.05, 0) is 32.0 Å². The van der Waals surface area contributed by atoms with E-state index in [4.69, 9.17) is 0 Å². The van der Waals surface area contributed by atoms with Gasteiger partial charge < -0.3 is 10.2 Å². The minimum atomic E-state index is 0.416. The number of hydrogen-bond acceptors (Lipinski definition) is 3. The highest BCUT2D eigenvalue weighted by Crippen LogP contribution is 2.26. The molecule has 1 saturated heterocycles. The van der Waals surface area contributed by atoms with E-state index in [1.54, 1.807) is 0 Å². The Labute approximate surface area is 111 Å². The molecule has 3 nitrogen and oxygen atoms in total. The fourth-order valence-electron chi connectivity index (χ4n) is 2.21. The van der Waals surface area contributed by atoms with Gasteiger partial charge in [-0.25, -0.2) is 0 Å². The maximum atomic E-state index is 9.21. The summed E-state index contributed by atoms with van der Waals surface area (Å²) < 4.78 is 0.952. The Kier molecular flexibility index (Phi) is 3.70. The Morgan fingerprint density at radius 2 is 2.24 bits per heavy atom. The average molecular weight is 294 g/mol. The molecule has 1 heterocycles. The van der Waals surface area contributed by atoms with E-state index >= 15 is 0 Å². The van der Waals surface area contributed by atoms with Gasteiger partial charge in [0.2, 0.25) is 0 Å². The molecule has 2 atom stereocenters. The van der Waals surface area contributed by atoms with Crippen molar-refractivity contribution in [1.82, 2.24) is 5.32 Å². The Morgan fingerprint density at radius 3 is 2.94 bits per heavy atom. The van der Waals surface area contributed by atoms with Crippen LogP contribution in [0.15, 0.2) is 22.7 Å². The third kappa shape index (κ3) is 2.62. The standard InChI is InChI=1S/C13H16BrN3/c1-9-8-17(10(2)7-16-9)13-4-3-12(14)5-11(13)6-15/h3-5,9-10,16H,7-8H2,1-2H3. The third-order valence-corrected chi connectivity index (χ3v) is 3.65. The molecular weight excluding hydrogens is 278 g/mol. The van der Waals surface area contributed by atoms with Crippen molar-refractivity contribution in [2.75, 3.05) is 18.0 Å². The van der Waals surface area contributed by atoms with Crippen LogP contribution in [0.5, 0.6) is 0 Å². The Morgan fingerprint density at radius 1 is 1.47 bits per heavy atom. The van der Waals surface area contributed by atoms with Crippen LogP contribution in [0.1, 0.15) is 19.4 Å². The minimum Gasteiger partial charge on any atom is -0.365 e. The Balaban J connectivity index is 2.35. The number of piperazine rings is 1. The number of benzene rings is 1. The van der Waals surface area contributed by atoms with E-state index < -0.39 is 0 Å². The first-order valence-corrected chi connectivity index (χ1v) is 6.61. The molecule has 0 amide bonds. The van der Waals surface area contributed by atoms with Crippen LogP contribution in [0.25, 0.3) is 0 Å². The lowest BCUT2D eigenvalue weighted by Crippen LogP contribution is -2.54. The predicted molar refractivity (Wildman–Crippen MR) is 73.1 cm³/mol. The van der Waals surface area contributed by atoms with E-state index in [-0.39, 0.29) is 0 Å². The quantitative estimate of drug-likeness (QED) is 0.865. The van der Waals surface area contributed by atoms with Crippen molar-refractivity contribution in [3.05, 3.63) is 28.2 Å². The van der Waals surface area contributed by atoms with Crippen molar-refractivity contribution < 1.29 is 0 Å². The van der Waals surface area contributed by atoms with Crippen molar-refractivity contribution in [2.24, 2.45) is 0 Å². The van der Waals surface area contributed by atoms with Gasteiger partial charge in [-0.3, -0.25) is 0 Å². The number of nitrogens with zero attached hydrogens (tertiary/aromatic N) is 2. The van der Waals surface area contributed by atoms with E-state index in [1.165, 1.54) is 0 Å². The molecule has 4 heteroatoms. The van der Waals surface area contributed by atoms with Gasteiger partial charge in [-0.1, -0.05) is 15.9 Å². The first-order chi connectivity index (χ1) is 8.11. The van der Waals surface area contributed by atoms with Crippen LogP contribution in [0.3, 0.4) is 0 Å². The van der Waals surface area contributed by atoms with Gasteiger partial charge in [-0.2, -0.15) is 5.26 Å². The zero-order chi connectivity index (χ0) is 12.4. The summed E-state index contributed by atoms with van der Waals surface area (Å²) in [5, 5.41) is 12.7. The van der Waals surface area contributed by atoms with Crippen molar-refractivity contribution in [2.45, 2.75) is 25.9 Å². The molecule has 0 radical (unpaired) electrons. The lowest BCUT2D eigenvalue weighted by molar-refractivity contribution is 0.425. The second kappa shape index (κ2) is 5.07. The summed E-state index contributed by atoms with van der Waals surface area (Å²) in [6.45, 7) is 6.26. The van der Waals surface area contributed by atoms with E-state index in [1.807, 2.05) is 18.2 Å². The van der Waals surface area contributed by atoms with Crippen molar-refractivity contribution in [3.8, 4) is 6.07 Å². The van der Waals surface area contributed by atoms with Crippen molar-refractivity contribution >= 4 is 21.6 Å². The molecule has 1 aromatic rings. The maximum absolute atomic E-state index is 9.21. The first kappa shape index (κ1) is 12.4. The normalized spacial score (nSPS) is 24.5. The monoisotopic (exact) mass is 293 g/mol. The van der Waals surface area contributed by atoms with Gasteiger partial charge in [0, 0.05) is 29.6 Å². The molecule has 0 bridgehead atoms. The molecule has 0 spiro atoms. The summed E-state index contributed by atoms with van der Waals surface area (Å²) in [6, 6.07) is 9.06. The zero-order valence-electron chi connectivity index (χ0n) is 10.1. The molecule has 90 valence electrons. The molecular formula is C13H16BrN3. The van der Waals surface area contributed by atoms with Crippen LogP contribution in [-0.2, 0) is 0 Å². The third-order valence-electron chi connectivity index (χ3n) is 3.15. The highest BCUT2D eigenvalue weighted by Gasteiger charge is 2.24. The molecule has 1 N–H and O–H groups in total. The maximum Gasteiger partial charge on any atom is 0.101 e. The average Bonchev–Trinajstić information content (AvgIpc) is 2.32. The van der Waals surface area contributed by atoms with Crippen LogP contribution in [-0.4, -0.2) is 25.2 Å². The first-order valence-electron chi connectivity index (χ1n) is 5.81. The van der Waals surface area contributed by atoms with E-state index in [0.717, 1.165) is 28.8 Å². The molecule has 0 saturated carbocycles. The molecule has 2 unspecified atom stereocenters. The predicted octanol–water partition coefficient (Wildman–Crippen LogP) is 2.51. The molecule has 0 aliphatic carbocycles. The summed E-state index contributed by atoms with van der Waals surface area (Å²) in [5.74, 6) is 0. The summed E-state index contributed by atoms with van der Waals surface area (Å²) in [5.41, 5.74) is 1.77. The topological polar surface area (TPSA) is 39.1 Å². The summed E-state index contributed by atoms with van der Waals surface area (Å²) in [6.07, 6.45) is 0. The SMILES string of the molecule is CC1CN(c2ccc(Br)cc2C#N)C(C)CN1. The molecule has 1 aliphatic heterocycles. The number of halogens is 1. The van der Waals surface area contributed by atoms with Crippen molar-refractivity contribution in [1.29, 1.82) is 5.26 Å². The molecule has 0 aromatic heterocycles. The number of nitriles is 1. The van der Waals surface area contributed by atoms with Crippen LogP contribution in [0.4, 0.5) is 5.69 Å². The Bertz CT molecular complexity index is 452. The lowest BCUT2D eigenvalue weighted by atomic mass is 10.1. The summed E-state index contributed by atoms with van der Waals surface area (Å²) in [7, 11) is 0. The van der Waals surface area contributed by atoms with Gasteiger partial charge >= 0.3 is 0 Å². The minimum absolute atomic E-state index is 0.416. The van der Waals surface area contributed by atoms with Crippen molar-refractivity contribution in [3.63, 3.8) is 0 Å². The summed E-state index contributed by atoms with van der Waals surface area (Å²) in [4.78, 5) is 2.31. The van der Waals surface area contributed by atoms with Gasteiger partial charge in [0.1, 0.15) is 6.07 Å². The fourth-order valence-corrected chi connectivity index (χ4v) is 2.57. The smallest absolute Gasteiger partial charge is 0.101 e. The molecule has 1 aromatic carbocycles. The van der Waals surface area contributed by atoms with Gasteiger partial charge in [0.15, 0.2) is 0 Å². The van der Waals surface area contributed by atoms with Crippen LogP contribution >= 0.6 is 15.9 Å². The molecule has 2 rings (SSSR count). The van der Waals surface area contributed by atoms with E-state index in [2.05, 4.69) is 46.1 Å². The van der Waals surface area contributed by atoms with Gasteiger partial charge in [-0.15, -0.1) is 0 Å². The van der Waals surface area contributed by atoms with Gasteiger partial charge in [0.05, 0.1) is 11.3 Å². The lowest BCUT2D eigenvalue weighted by Gasteiger charge is -2.39. The largest absolute Gasteiger partial charge is 0.365 e. The summed E-state index contributed by atoms with van der Waals surface area (Å²) >= 11 is 3.41. The molecule has 17 heavy (non-hydrogen) atoms. The number of anilines is 1. The Hall–Kier alpha value is -1.05. The van der Waals surface area contributed by atoms with Crippen LogP contribution in [0.2, 0.25) is 0 Å². The van der Waals surface area contributed by atoms with E-state index in [9.17, 15) is 5.26 Å². The second-order valence-corrected chi connectivity index (χ2v) is 5.50. The van der Waals surface area contributed by atoms with Crippen LogP contribution < -0.4 is 10.2 Å². The molecule has 1 fully saturated rings. The number of hydrogen-bond donors (Lipinski definition) is 1. The second-order valence-electron chi connectivity index (χ2n) is 4.58. The fraction of sp³-hybridized carbons (Fsp3) is 0.462. The van der Waals surface area contributed by atoms with Gasteiger partial charge in [0.25, 0.3) is 0 Å². The highest BCUT2D eigenvalue weighted by atomic mass is 79.9. The zero-order valence-corrected chi connectivity index (χ0v) is 11.7. The number of rotatable bonds is 1. The number of nitrogens with one attached hydrogen (secondary N) is 1.